The van der Waals surface area contributed by atoms with E-state index in [1.807, 2.05) is 0 Å². The molecule has 0 aliphatic carbocycles. The Labute approximate surface area is 101 Å². The lowest BCUT2D eigenvalue weighted by molar-refractivity contribution is 0.225. The van der Waals surface area contributed by atoms with E-state index in [0.717, 1.165) is 6.26 Å². The molecule has 0 spiro atoms. The van der Waals surface area contributed by atoms with Gasteiger partial charge in [0.2, 0.25) is 10.0 Å². The van der Waals surface area contributed by atoms with E-state index in [1.54, 1.807) is 31.2 Å². The van der Waals surface area contributed by atoms with Gasteiger partial charge in [-0.1, -0.05) is 17.7 Å². The second kappa shape index (κ2) is 5.52. The van der Waals surface area contributed by atoms with E-state index < -0.39 is 10.0 Å². The van der Waals surface area contributed by atoms with Gasteiger partial charge in [0.15, 0.2) is 0 Å². The van der Waals surface area contributed by atoms with Gasteiger partial charge in [0.1, 0.15) is 11.9 Å². The van der Waals surface area contributed by atoms with Crippen molar-refractivity contribution in [3.05, 3.63) is 29.3 Å². The van der Waals surface area contributed by atoms with Crippen LogP contribution in [-0.2, 0) is 10.0 Å². The second-order valence-corrected chi connectivity index (χ2v) is 5.78. The van der Waals surface area contributed by atoms with E-state index in [1.165, 1.54) is 0 Å². The fourth-order valence-corrected chi connectivity index (χ4v) is 1.80. The number of rotatable bonds is 5. The zero-order chi connectivity index (χ0) is 12.2. The standard InChI is InChI=1S/C10H14ClNO3S/c1-8(7-12-16(2,13)14)15-10-5-3-4-9(11)6-10/h3-6,8,12H,7H2,1-2H3/t8-/m1/s1. The lowest BCUT2D eigenvalue weighted by Gasteiger charge is -2.14. The Morgan fingerprint density at radius 2 is 2.19 bits per heavy atom. The van der Waals surface area contributed by atoms with Crippen LogP contribution in [0, 0.1) is 0 Å². The van der Waals surface area contributed by atoms with E-state index in [4.69, 9.17) is 16.3 Å². The van der Waals surface area contributed by atoms with Gasteiger partial charge in [0, 0.05) is 11.6 Å². The number of ether oxygens (including phenoxy) is 1. The third kappa shape index (κ3) is 5.34. The summed E-state index contributed by atoms with van der Waals surface area (Å²) in [6.07, 6.45) is 0.854. The lowest BCUT2D eigenvalue weighted by atomic mass is 10.3. The van der Waals surface area contributed by atoms with Crippen molar-refractivity contribution < 1.29 is 13.2 Å². The average Bonchev–Trinajstić information content (AvgIpc) is 2.14. The lowest BCUT2D eigenvalue weighted by Crippen LogP contribution is -2.32. The Morgan fingerprint density at radius 1 is 1.50 bits per heavy atom. The van der Waals surface area contributed by atoms with E-state index in [2.05, 4.69) is 4.72 Å². The highest BCUT2D eigenvalue weighted by molar-refractivity contribution is 7.88. The number of nitrogens with one attached hydrogen (secondary N) is 1. The maximum atomic E-state index is 10.9. The van der Waals surface area contributed by atoms with Gasteiger partial charge in [-0.15, -0.1) is 0 Å². The van der Waals surface area contributed by atoms with Gasteiger partial charge in [0.05, 0.1) is 6.26 Å². The summed E-state index contributed by atoms with van der Waals surface area (Å²) in [4.78, 5) is 0. The van der Waals surface area contributed by atoms with Crippen LogP contribution in [0.5, 0.6) is 5.75 Å². The Balaban J connectivity index is 2.49. The number of benzene rings is 1. The summed E-state index contributed by atoms with van der Waals surface area (Å²) in [5.41, 5.74) is 0. The number of hydrogen-bond donors (Lipinski definition) is 1. The molecule has 1 aromatic rings. The van der Waals surface area contributed by atoms with Gasteiger partial charge in [-0.25, -0.2) is 13.1 Å². The molecule has 90 valence electrons. The zero-order valence-corrected chi connectivity index (χ0v) is 10.7. The zero-order valence-electron chi connectivity index (χ0n) is 9.10. The highest BCUT2D eigenvalue weighted by Crippen LogP contribution is 2.18. The van der Waals surface area contributed by atoms with Crippen LogP contribution in [0.15, 0.2) is 24.3 Å². The SMILES string of the molecule is C[C@H](CNS(C)(=O)=O)Oc1cccc(Cl)c1. The van der Waals surface area contributed by atoms with Crippen LogP contribution in [-0.4, -0.2) is 27.3 Å². The summed E-state index contributed by atoms with van der Waals surface area (Å²) in [5, 5.41) is 0.584. The molecule has 1 N–H and O–H groups in total. The first-order chi connectivity index (χ1) is 7.37. The number of halogens is 1. The van der Waals surface area contributed by atoms with Crippen molar-refractivity contribution in [3.63, 3.8) is 0 Å². The number of sulfonamides is 1. The molecule has 1 atom stereocenters. The topological polar surface area (TPSA) is 55.4 Å². The Kier molecular flexibility index (Phi) is 4.58. The van der Waals surface area contributed by atoms with Gasteiger partial charge < -0.3 is 4.74 Å². The van der Waals surface area contributed by atoms with Crippen LogP contribution in [0.4, 0.5) is 0 Å². The van der Waals surface area contributed by atoms with Crippen molar-refractivity contribution in [2.75, 3.05) is 12.8 Å². The van der Waals surface area contributed by atoms with Crippen LogP contribution in [0.1, 0.15) is 6.92 Å². The molecule has 16 heavy (non-hydrogen) atoms. The van der Waals surface area contributed by atoms with Gasteiger partial charge in [-0.2, -0.15) is 0 Å². The van der Waals surface area contributed by atoms with Gasteiger partial charge in [-0.05, 0) is 25.1 Å². The maximum absolute atomic E-state index is 10.9. The van der Waals surface area contributed by atoms with Crippen molar-refractivity contribution in [2.45, 2.75) is 13.0 Å². The van der Waals surface area contributed by atoms with Crippen LogP contribution in [0.2, 0.25) is 5.02 Å². The van der Waals surface area contributed by atoms with Crippen molar-refractivity contribution in [1.82, 2.24) is 4.72 Å². The smallest absolute Gasteiger partial charge is 0.208 e. The minimum Gasteiger partial charge on any atom is -0.489 e. The Hall–Kier alpha value is -0.780. The molecule has 0 bridgehead atoms. The van der Waals surface area contributed by atoms with Crippen molar-refractivity contribution in [2.24, 2.45) is 0 Å². The third-order valence-electron chi connectivity index (χ3n) is 1.77. The van der Waals surface area contributed by atoms with Crippen molar-refractivity contribution >= 4 is 21.6 Å². The maximum Gasteiger partial charge on any atom is 0.208 e. The molecule has 0 fully saturated rings. The normalized spacial score (nSPS) is 13.4. The van der Waals surface area contributed by atoms with E-state index in [0.29, 0.717) is 10.8 Å². The summed E-state index contributed by atoms with van der Waals surface area (Å²) in [6, 6.07) is 6.96. The molecular weight excluding hydrogens is 250 g/mol. The molecule has 6 heteroatoms. The first kappa shape index (κ1) is 13.3. The highest BCUT2D eigenvalue weighted by Gasteiger charge is 2.07. The molecule has 0 radical (unpaired) electrons. The first-order valence-electron chi connectivity index (χ1n) is 4.74. The fourth-order valence-electron chi connectivity index (χ4n) is 1.08. The molecule has 0 saturated carbocycles. The van der Waals surface area contributed by atoms with Gasteiger partial charge >= 0.3 is 0 Å². The third-order valence-corrected chi connectivity index (χ3v) is 2.69. The minimum absolute atomic E-state index is 0.228. The largest absolute Gasteiger partial charge is 0.489 e. The Bertz CT molecular complexity index is 447. The summed E-state index contributed by atoms with van der Waals surface area (Å²) in [7, 11) is -3.18. The summed E-state index contributed by atoms with van der Waals surface area (Å²) in [6.45, 7) is 2.00. The molecule has 0 heterocycles. The monoisotopic (exact) mass is 263 g/mol. The molecule has 0 aliphatic rings. The van der Waals surface area contributed by atoms with Crippen LogP contribution >= 0.6 is 11.6 Å². The van der Waals surface area contributed by atoms with E-state index in [9.17, 15) is 8.42 Å². The van der Waals surface area contributed by atoms with Crippen molar-refractivity contribution in [3.8, 4) is 5.75 Å². The highest BCUT2D eigenvalue weighted by atomic mass is 35.5. The van der Waals surface area contributed by atoms with E-state index >= 15 is 0 Å². The number of hydrogen-bond acceptors (Lipinski definition) is 3. The predicted molar refractivity (Wildman–Crippen MR) is 64.4 cm³/mol. The van der Waals surface area contributed by atoms with Crippen LogP contribution < -0.4 is 9.46 Å². The molecule has 4 nitrogen and oxygen atoms in total. The molecular formula is C10H14ClNO3S. The van der Waals surface area contributed by atoms with Crippen LogP contribution in [0.25, 0.3) is 0 Å². The molecule has 0 saturated heterocycles. The quantitative estimate of drug-likeness (QED) is 0.879. The molecule has 1 rings (SSSR count). The first-order valence-corrected chi connectivity index (χ1v) is 7.00. The van der Waals surface area contributed by atoms with E-state index in [-0.39, 0.29) is 12.6 Å². The van der Waals surface area contributed by atoms with Gasteiger partial charge in [0.25, 0.3) is 0 Å². The molecule has 1 aromatic carbocycles. The minimum atomic E-state index is -3.18. The fraction of sp³-hybridized carbons (Fsp3) is 0.400. The predicted octanol–water partition coefficient (Wildman–Crippen LogP) is 1.66. The molecule has 0 unspecified atom stereocenters. The summed E-state index contributed by atoms with van der Waals surface area (Å²) >= 11 is 5.79. The van der Waals surface area contributed by atoms with Crippen molar-refractivity contribution in [1.29, 1.82) is 0 Å². The van der Waals surface area contributed by atoms with Gasteiger partial charge in [-0.3, -0.25) is 0 Å². The molecule has 0 amide bonds. The summed E-state index contributed by atoms with van der Waals surface area (Å²) in [5.74, 6) is 0.621. The average molecular weight is 264 g/mol. The second-order valence-electron chi connectivity index (χ2n) is 3.51. The molecule has 0 aromatic heterocycles. The molecule has 0 aliphatic heterocycles. The van der Waals surface area contributed by atoms with Crippen LogP contribution in [0.3, 0.4) is 0 Å². The Morgan fingerprint density at radius 3 is 2.75 bits per heavy atom. The summed E-state index contributed by atoms with van der Waals surface area (Å²) < 4.78 is 29.6.